The van der Waals surface area contributed by atoms with Crippen molar-refractivity contribution in [1.29, 1.82) is 0 Å². The van der Waals surface area contributed by atoms with E-state index in [9.17, 15) is 24.5 Å². The lowest BCUT2D eigenvalue weighted by atomic mass is 9.85. The summed E-state index contributed by atoms with van der Waals surface area (Å²) in [5, 5.41) is 16.4. The van der Waals surface area contributed by atoms with Gasteiger partial charge in [0.2, 0.25) is 0 Å². The van der Waals surface area contributed by atoms with Crippen molar-refractivity contribution in [2.75, 3.05) is 20.8 Å². The van der Waals surface area contributed by atoms with Crippen LogP contribution < -0.4 is 10.6 Å². The number of alkyl carbamates (subject to hydrolysis) is 1. The lowest BCUT2D eigenvalue weighted by Gasteiger charge is -2.30. The number of nitro groups is 1. The van der Waals surface area contributed by atoms with Gasteiger partial charge < -0.3 is 24.8 Å². The topological polar surface area (TPSA) is 146 Å². The highest BCUT2D eigenvalue weighted by Gasteiger charge is 2.37. The highest BCUT2D eigenvalue weighted by atomic mass is 16.6. The van der Waals surface area contributed by atoms with Gasteiger partial charge in [-0.1, -0.05) is 12.1 Å². The van der Waals surface area contributed by atoms with Crippen molar-refractivity contribution < 1.29 is 33.5 Å². The Kier molecular flexibility index (Phi) is 7.13. The van der Waals surface area contributed by atoms with E-state index in [1.54, 1.807) is 19.9 Å². The highest BCUT2D eigenvalue weighted by molar-refractivity contribution is 5.92. The Labute approximate surface area is 171 Å². The minimum atomic E-state index is -0.962. The third-order valence-corrected chi connectivity index (χ3v) is 4.33. The second-order valence-electron chi connectivity index (χ2n) is 6.25. The smallest absolute Gasteiger partial charge is 0.412 e. The van der Waals surface area contributed by atoms with Crippen LogP contribution in [0.2, 0.25) is 0 Å². The van der Waals surface area contributed by atoms with Crippen LogP contribution in [0.25, 0.3) is 0 Å². The molecule has 1 atom stereocenters. The molecule has 2 rings (SSSR count). The second-order valence-corrected chi connectivity index (χ2v) is 6.25. The monoisotopic (exact) mass is 419 g/mol. The molecule has 0 aliphatic carbocycles. The fourth-order valence-corrected chi connectivity index (χ4v) is 2.98. The molecule has 1 aliphatic rings. The molecule has 0 aromatic heterocycles. The molecule has 11 nitrogen and oxygen atoms in total. The maximum atomic E-state index is 12.5. The predicted molar refractivity (Wildman–Crippen MR) is 103 cm³/mol. The molecule has 1 aromatic carbocycles. The average molecular weight is 419 g/mol. The van der Waals surface area contributed by atoms with Crippen LogP contribution >= 0.6 is 0 Å². The summed E-state index contributed by atoms with van der Waals surface area (Å²) in [5.41, 5.74) is 1.13. The fraction of sp³-hybridized carbons (Fsp3) is 0.316. The lowest BCUT2D eigenvalue weighted by Crippen LogP contribution is -2.35. The summed E-state index contributed by atoms with van der Waals surface area (Å²) in [6, 6.07) is 5.63. The molecule has 0 bridgehead atoms. The quantitative estimate of drug-likeness (QED) is 0.305. The summed E-state index contributed by atoms with van der Waals surface area (Å²) in [6.45, 7) is 2.83. The van der Waals surface area contributed by atoms with Crippen LogP contribution in [0.3, 0.4) is 0 Å². The molecule has 30 heavy (non-hydrogen) atoms. The molecule has 0 saturated heterocycles. The number of esters is 2. The number of allylic oxidation sites excluding steroid dienone is 3. The normalized spacial score (nSPS) is 15.8. The number of benzene rings is 1. The highest BCUT2D eigenvalue weighted by Crippen LogP contribution is 2.40. The number of rotatable bonds is 6. The number of nitro benzene ring substituents is 1. The summed E-state index contributed by atoms with van der Waals surface area (Å²) in [4.78, 5) is 46.6. The van der Waals surface area contributed by atoms with Gasteiger partial charge in [-0.15, -0.1) is 0 Å². The number of hydrogen-bond acceptors (Lipinski definition) is 9. The van der Waals surface area contributed by atoms with Crippen molar-refractivity contribution in [3.63, 3.8) is 0 Å². The largest absolute Gasteiger partial charge is 0.468 e. The van der Waals surface area contributed by atoms with Crippen molar-refractivity contribution in [1.82, 2.24) is 10.6 Å². The van der Waals surface area contributed by atoms with E-state index >= 15 is 0 Å². The molecule has 1 amide bonds. The van der Waals surface area contributed by atoms with Gasteiger partial charge in [0.1, 0.15) is 12.3 Å². The van der Waals surface area contributed by atoms with E-state index in [-0.39, 0.29) is 17.0 Å². The van der Waals surface area contributed by atoms with E-state index in [0.717, 1.165) is 0 Å². The summed E-state index contributed by atoms with van der Waals surface area (Å²) in [5.74, 6) is -2.30. The molecule has 0 radical (unpaired) electrons. The van der Waals surface area contributed by atoms with E-state index in [1.807, 2.05) is 0 Å². The number of methoxy groups -OCH3 is 2. The summed E-state index contributed by atoms with van der Waals surface area (Å²) >= 11 is 0. The first kappa shape index (κ1) is 22.4. The molecule has 1 heterocycles. The van der Waals surface area contributed by atoms with Crippen molar-refractivity contribution in [3.8, 4) is 0 Å². The van der Waals surface area contributed by atoms with Crippen LogP contribution in [-0.2, 0) is 23.8 Å². The van der Waals surface area contributed by atoms with Gasteiger partial charge in [0, 0.05) is 17.8 Å². The zero-order valence-corrected chi connectivity index (χ0v) is 16.8. The molecule has 2 N–H and O–H groups in total. The Morgan fingerprint density at radius 3 is 2.47 bits per heavy atom. The minimum absolute atomic E-state index is 0.0314. The van der Waals surface area contributed by atoms with Gasteiger partial charge in [-0.2, -0.15) is 0 Å². The standard InChI is InChI=1S/C19H21N3O8/c1-10-15(18(24)29-4)16(12-6-5-7-13(8-12)22(26)27)17(11(2)21-10)30-19(25)20-9-14(23)28-3/h5-8,16,21H,9H2,1-4H3,(H,20,25). The van der Waals surface area contributed by atoms with Crippen LogP contribution in [0.15, 0.2) is 47.0 Å². The Hall–Kier alpha value is -3.89. The number of nitrogens with one attached hydrogen (secondary N) is 2. The molecule has 160 valence electrons. The van der Waals surface area contributed by atoms with Crippen molar-refractivity contribution in [2.45, 2.75) is 19.8 Å². The third kappa shape index (κ3) is 4.93. The number of ether oxygens (including phenoxy) is 3. The van der Waals surface area contributed by atoms with E-state index in [0.29, 0.717) is 17.0 Å². The van der Waals surface area contributed by atoms with E-state index in [1.165, 1.54) is 32.4 Å². The molecule has 0 saturated carbocycles. The SMILES string of the molecule is COC(=O)CNC(=O)OC1=C(C)NC(C)=C(C(=O)OC)C1c1cccc([N+](=O)[O-])c1. The summed E-state index contributed by atoms with van der Waals surface area (Å²) < 4.78 is 14.7. The van der Waals surface area contributed by atoms with Gasteiger partial charge in [-0.05, 0) is 19.4 Å². The van der Waals surface area contributed by atoms with Crippen LogP contribution in [0.4, 0.5) is 10.5 Å². The minimum Gasteiger partial charge on any atom is -0.468 e. The Morgan fingerprint density at radius 2 is 1.87 bits per heavy atom. The van der Waals surface area contributed by atoms with Gasteiger partial charge in [-0.25, -0.2) is 9.59 Å². The zero-order chi connectivity index (χ0) is 22.4. The van der Waals surface area contributed by atoms with Gasteiger partial charge in [0.25, 0.3) is 5.69 Å². The van der Waals surface area contributed by atoms with Crippen LogP contribution in [0.5, 0.6) is 0 Å². The Balaban J connectivity index is 2.49. The van der Waals surface area contributed by atoms with Gasteiger partial charge >= 0.3 is 18.0 Å². The number of carbonyl (C=O) groups is 3. The van der Waals surface area contributed by atoms with Crippen molar-refractivity contribution >= 4 is 23.7 Å². The van der Waals surface area contributed by atoms with E-state index in [4.69, 9.17) is 9.47 Å². The van der Waals surface area contributed by atoms with Gasteiger partial charge in [-0.3, -0.25) is 14.9 Å². The third-order valence-electron chi connectivity index (χ3n) is 4.33. The van der Waals surface area contributed by atoms with Gasteiger partial charge in [0.15, 0.2) is 0 Å². The molecule has 11 heteroatoms. The van der Waals surface area contributed by atoms with Crippen molar-refractivity contribution in [3.05, 3.63) is 62.7 Å². The molecular weight excluding hydrogens is 398 g/mol. The molecular formula is C19H21N3O8. The summed E-state index contributed by atoms with van der Waals surface area (Å²) in [6.07, 6.45) is -0.962. The average Bonchev–Trinajstić information content (AvgIpc) is 2.72. The van der Waals surface area contributed by atoms with Crippen LogP contribution in [0.1, 0.15) is 25.3 Å². The van der Waals surface area contributed by atoms with E-state index in [2.05, 4.69) is 15.4 Å². The van der Waals surface area contributed by atoms with Crippen LogP contribution in [-0.4, -0.2) is 43.7 Å². The van der Waals surface area contributed by atoms with E-state index < -0.39 is 35.4 Å². The molecule has 1 unspecified atom stereocenters. The molecule has 0 fully saturated rings. The zero-order valence-electron chi connectivity index (χ0n) is 16.8. The first-order valence-corrected chi connectivity index (χ1v) is 8.73. The lowest BCUT2D eigenvalue weighted by molar-refractivity contribution is -0.384. The maximum Gasteiger partial charge on any atom is 0.412 e. The van der Waals surface area contributed by atoms with Gasteiger partial charge in [0.05, 0.1) is 36.3 Å². The Bertz CT molecular complexity index is 951. The molecule has 0 spiro atoms. The van der Waals surface area contributed by atoms with Crippen molar-refractivity contribution in [2.24, 2.45) is 0 Å². The number of carbonyl (C=O) groups excluding carboxylic acids is 3. The molecule has 1 aliphatic heterocycles. The number of hydrogen-bond donors (Lipinski definition) is 2. The fourth-order valence-electron chi connectivity index (χ4n) is 2.98. The first-order chi connectivity index (χ1) is 14.2. The first-order valence-electron chi connectivity index (χ1n) is 8.73. The molecule has 1 aromatic rings. The number of amides is 1. The van der Waals surface area contributed by atoms with Crippen LogP contribution in [0, 0.1) is 10.1 Å². The second kappa shape index (κ2) is 9.54. The summed E-state index contributed by atoms with van der Waals surface area (Å²) in [7, 11) is 2.36. The maximum absolute atomic E-state index is 12.5. The number of dihydropyridines is 1. The number of non-ortho nitro benzene ring substituents is 1. The predicted octanol–water partition coefficient (Wildman–Crippen LogP) is 1.86. The number of nitrogens with zero attached hydrogens (tertiary/aromatic N) is 1. The Morgan fingerprint density at radius 1 is 1.17 bits per heavy atom.